The molecule has 2 atom stereocenters. The predicted molar refractivity (Wildman–Crippen MR) is 112 cm³/mol. The number of ether oxygens (including phenoxy) is 1. The molecule has 0 aromatic carbocycles. The van der Waals surface area contributed by atoms with Gasteiger partial charge in [-0.1, -0.05) is 6.07 Å². The number of H-pyrrole nitrogens is 1. The van der Waals surface area contributed by atoms with Crippen LogP contribution in [-0.4, -0.2) is 47.6 Å². The first-order valence-corrected chi connectivity index (χ1v) is 12.1. The van der Waals surface area contributed by atoms with Crippen LogP contribution in [0.15, 0.2) is 18.2 Å². The monoisotopic (exact) mass is 433 g/mol. The molecule has 1 saturated carbocycles. The third kappa shape index (κ3) is 4.92. The maximum Gasteiger partial charge on any atom is 0.407 e. The molecule has 2 aliphatic rings. The highest BCUT2D eigenvalue weighted by Crippen LogP contribution is 2.36. The minimum absolute atomic E-state index is 0.0533. The van der Waals surface area contributed by atoms with Gasteiger partial charge in [-0.15, -0.1) is 0 Å². The Morgan fingerprint density at radius 1 is 1.27 bits per heavy atom. The van der Waals surface area contributed by atoms with Gasteiger partial charge in [-0.05, 0) is 44.7 Å². The zero-order valence-electron chi connectivity index (χ0n) is 17.1. The van der Waals surface area contributed by atoms with Gasteiger partial charge in [0.25, 0.3) is 0 Å². The van der Waals surface area contributed by atoms with Crippen molar-refractivity contribution in [3.05, 3.63) is 35.2 Å². The van der Waals surface area contributed by atoms with Crippen LogP contribution >= 0.6 is 0 Å². The molecule has 0 spiro atoms. The van der Waals surface area contributed by atoms with Crippen molar-refractivity contribution in [1.29, 1.82) is 0 Å². The van der Waals surface area contributed by atoms with Crippen LogP contribution in [0.2, 0.25) is 0 Å². The molecule has 3 heterocycles. The summed E-state index contributed by atoms with van der Waals surface area (Å²) in [5.74, 6) is 1.75. The number of rotatable bonds is 5. The fraction of sp³-hybridized carbons (Fsp3) is 0.550. The van der Waals surface area contributed by atoms with E-state index in [1.165, 1.54) is 0 Å². The first-order valence-electron chi connectivity index (χ1n) is 10.3. The van der Waals surface area contributed by atoms with Gasteiger partial charge >= 0.3 is 6.09 Å². The van der Waals surface area contributed by atoms with Gasteiger partial charge in [0.05, 0.1) is 11.5 Å². The lowest BCUT2D eigenvalue weighted by molar-refractivity contribution is 0.0981. The van der Waals surface area contributed by atoms with Crippen LogP contribution < -0.4 is 10.6 Å². The third-order valence-electron chi connectivity index (χ3n) is 5.45. The van der Waals surface area contributed by atoms with Gasteiger partial charge in [0, 0.05) is 35.8 Å². The van der Waals surface area contributed by atoms with Crippen LogP contribution in [0.3, 0.4) is 0 Å². The second-order valence-corrected chi connectivity index (χ2v) is 10.5. The van der Waals surface area contributed by atoms with Crippen molar-refractivity contribution in [2.75, 3.05) is 11.1 Å². The van der Waals surface area contributed by atoms with Crippen molar-refractivity contribution in [1.82, 2.24) is 20.5 Å². The summed E-state index contributed by atoms with van der Waals surface area (Å²) in [6.07, 6.45) is 2.49. The largest absolute Gasteiger partial charge is 0.446 e. The van der Waals surface area contributed by atoms with Crippen LogP contribution in [0, 0.1) is 0 Å². The second kappa shape index (κ2) is 8.25. The number of carbonyl (C=O) groups excluding carboxylic acids is 1. The number of fused-ring (bicyclic) bond motifs is 1. The van der Waals surface area contributed by atoms with E-state index in [9.17, 15) is 13.2 Å². The predicted octanol–water partition coefficient (Wildman–Crippen LogP) is 2.79. The summed E-state index contributed by atoms with van der Waals surface area (Å²) in [4.78, 5) is 16.3. The van der Waals surface area contributed by atoms with Crippen molar-refractivity contribution in [3.63, 3.8) is 0 Å². The molecule has 0 radical (unpaired) electrons. The minimum Gasteiger partial charge on any atom is -0.446 e. The van der Waals surface area contributed by atoms with Crippen LogP contribution in [0.1, 0.15) is 56.0 Å². The molecular formula is C20H27N5O4S. The lowest BCUT2D eigenvalue weighted by Crippen LogP contribution is -2.33. The maximum absolute atomic E-state index is 11.8. The Bertz CT molecular complexity index is 1030. The number of hydrogen-bond acceptors (Lipinski definition) is 7. The Balaban J connectivity index is 1.36. The molecule has 2 aromatic rings. The standard InChI is InChI=1S/C20H27N5O4S/c1-12(2)21-20(26)29-15-5-3-13(9-15)17-10-19(25-24-17)23-18-6-4-14-11-30(27,28)8-7-16(14)22-18/h4,6,10,12-13,15H,3,5,7-9,11H2,1-2H3,(H,21,26)(H2,22,23,24,25)/t13-,15+/m0/s1. The van der Waals surface area contributed by atoms with Gasteiger partial charge in [-0.25, -0.2) is 18.2 Å². The molecule has 0 saturated heterocycles. The minimum atomic E-state index is -3.01. The fourth-order valence-electron chi connectivity index (χ4n) is 4.00. The summed E-state index contributed by atoms with van der Waals surface area (Å²) in [5.41, 5.74) is 2.59. The Hall–Kier alpha value is -2.62. The number of sulfone groups is 1. The van der Waals surface area contributed by atoms with Crippen molar-refractivity contribution >= 4 is 27.6 Å². The highest BCUT2D eigenvalue weighted by Gasteiger charge is 2.30. The number of nitrogens with one attached hydrogen (secondary N) is 3. The average molecular weight is 434 g/mol. The lowest BCUT2D eigenvalue weighted by atomic mass is 10.0. The van der Waals surface area contributed by atoms with Crippen LogP contribution in [0.5, 0.6) is 0 Å². The quantitative estimate of drug-likeness (QED) is 0.662. The first kappa shape index (κ1) is 20.6. The number of aromatic amines is 1. The maximum atomic E-state index is 11.8. The van der Waals surface area contributed by atoms with Crippen molar-refractivity contribution in [2.24, 2.45) is 0 Å². The van der Waals surface area contributed by atoms with Crippen LogP contribution in [0.25, 0.3) is 0 Å². The highest BCUT2D eigenvalue weighted by molar-refractivity contribution is 7.90. The molecule has 30 heavy (non-hydrogen) atoms. The van der Waals surface area contributed by atoms with Gasteiger partial charge in [0.1, 0.15) is 11.9 Å². The van der Waals surface area contributed by atoms with E-state index in [4.69, 9.17) is 4.74 Å². The number of anilines is 2. The van der Waals surface area contributed by atoms with Crippen LogP contribution in [-0.2, 0) is 26.7 Å². The molecule has 162 valence electrons. The zero-order valence-corrected chi connectivity index (χ0v) is 18.0. The Labute approximate surface area is 175 Å². The first-order chi connectivity index (χ1) is 14.3. The molecule has 9 nitrogen and oxygen atoms in total. The van der Waals surface area contributed by atoms with E-state index in [0.29, 0.717) is 18.1 Å². The van der Waals surface area contributed by atoms with Gasteiger partial charge in [-0.3, -0.25) is 5.10 Å². The summed E-state index contributed by atoms with van der Waals surface area (Å²) in [7, 11) is -3.01. The van der Waals surface area contributed by atoms with E-state index in [1.54, 1.807) is 6.07 Å². The smallest absolute Gasteiger partial charge is 0.407 e. The zero-order chi connectivity index (χ0) is 21.3. The third-order valence-corrected chi connectivity index (χ3v) is 7.03. The number of pyridine rings is 1. The van der Waals surface area contributed by atoms with E-state index < -0.39 is 9.84 Å². The van der Waals surface area contributed by atoms with Crippen molar-refractivity contribution in [3.8, 4) is 0 Å². The normalized spacial score (nSPS) is 22.5. The number of carbonyl (C=O) groups is 1. The summed E-state index contributed by atoms with van der Waals surface area (Å²) in [5, 5.41) is 13.3. The molecule has 4 rings (SSSR count). The number of aromatic nitrogens is 3. The second-order valence-electron chi connectivity index (χ2n) is 8.31. The van der Waals surface area contributed by atoms with Crippen molar-refractivity contribution in [2.45, 2.75) is 63.3 Å². The Kier molecular flexibility index (Phi) is 5.68. The molecule has 0 unspecified atom stereocenters. The summed E-state index contributed by atoms with van der Waals surface area (Å²) in [6.45, 7) is 3.80. The molecule has 10 heteroatoms. The lowest BCUT2D eigenvalue weighted by Gasteiger charge is -2.16. The molecule has 0 bridgehead atoms. The molecule has 2 aromatic heterocycles. The summed E-state index contributed by atoms with van der Waals surface area (Å²) < 4.78 is 29.0. The SMILES string of the molecule is CC(C)NC(=O)O[C@@H]1CC[C@H](c2cc(Nc3ccc4c(n3)CCS(=O)(=O)C4)n[nH]2)C1. The number of nitrogens with zero attached hydrogens (tertiary/aromatic N) is 2. The average Bonchev–Trinajstić information content (AvgIpc) is 3.30. The Morgan fingerprint density at radius 2 is 2.10 bits per heavy atom. The van der Waals surface area contributed by atoms with E-state index in [0.717, 1.165) is 36.2 Å². The van der Waals surface area contributed by atoms with E-state index >= 15 is 0 Å². The van der Waals surface area contributed by atoms with E-state index in [-0.39, 0.29) is 35.7 Å². The summed E-state index contributed by atoms with van der Waals surface area (Å²) in [6, 6.07) is 5.60. The molecule has 1 aliphatic carbocycles. The summed E-state index contributed by atoms with van der Waals surface area (Å²) >= 11 is 0. The van der Waals surface area contributed by atoms with Gasteiger partial charge < -0.3 is 15.4 Å². The number of amides is 1. The molecular weight excluding hydrogens is 406 g/mol. The molecule has 1 aliphatic heterocycles. The number of alkyl carbamates (subject to hydrolysis) is 1. The van der Waals surface area contributed by atoms with Gasteiger partial charge in [0.15, 0.2) is 15.7 Å². The van der Waals surface area contributed by atoms with Crippen LogP contribution in [0.4, 0.5) is 16.4 Å². The highest BCUT2D eigenvalue weighted by atomic mass is 32.2. The van der Waals surface area contributed by atoms with Gasteiger partial charge in [0.2, 0.25) is 0 Å². The number of aryl methyl sites for hydroxylation is 1. The fourth-order valence-corrected chi connectivity index (χ4v) is 5.39. The Morgan fingerprint density at radius 3 is 2.90 bits per heavy atom. The molecule has 1 fully saturated rings. The van der Waals surface area contributed by atoms with E-state index in [1.807, 2.05) is 26.0 Å². The topological polar surface area (TPSA) is 126 Å². The van der Waals surface area contributed by atoms with Crippen molar-refractivity contribution < 1.29 is 17.9 Å². The van der Waals surface area contributed by atoms with E-state index in [2.05, 4.69) is 25.8 Å². The molecule has 3 N–H and O–H groups in total. The molecule has 1 amide bonds. The number of hydrogen-bond donors (Lipinski definition) is 3. The van der Waals surface area contributed by atoms with Gasteiger partial charge in [-0.2, -0.15) is 5.10 Å².